The molecule has 0 aliphatic carbocycles. The third-order valence-corrected chi connectivity index (χ3v) is 5.08. The first kappa shape index (κ1) is 13.5. The average Bonchev–Trinajstić information content (AvgIpc) is 3.03. The lowest BCUT2D eigenvalue weighted by molar-refractivity contribution is -0.151. The van der Waals surface area contributed by atoms with Gasteiger partial charge in [0.2, 0.25) is 5.91 Å². The number of rotatable bonds is 3. The molecule has 2 bridgehead atoms. The predicted molar refractivity (Wildman–Crippen MR) is 77.8 cm³/mol. The summed E-state index contributed by atoms with van der Waals surface area (Å²) in [6.45, 7) is 2.66. The highest BCUT2D eigenvalue weighted by molar-refractivity contribution is 5.91. The molecule has 0 saturated carbocycles. The van der Waals surface area contributed by atoms with Crippen LogP contribution in [0.2, 0.25) is 0 Å². The molecule has 4 rings (SSSR count). The summed E-state index contributed by atoms with van der Waals surface area (Å²) in [5, 5.41) is 9.55. The van der Waals surface area contributed by atoms with Gasteiger partial charge in [0.25, 0.3) is 0 Å². The Hall–Kier alpha value is -2.14. The summed E-state index contributed by atoms with van der Waals surface area (Å²) >= 11 is 0. The largest absolute Gasteiger partial charge is 0.481 e. The topological polar surface area (TPSA) is 66.8 Å². The van der Waals surface area contributed by atoms with E-state index in [0.717, 1.165) is 5.56 Å². The molecule has 1 N–H and O–H groups in total. The number of carboxylic acid groups (broad SMARTS) is 1. The maximum Gasteiger partial charge on any atom is 0.310 e. The van der Waals surface area contributed by atoms with E-state index in [9.17, 15) is 14.7 Å². The van der Waals surface area contributed by atoms with Crippen LogP contribution in [0.1, 0.15) is 12.5 Å². The van der Waals surface area contributed by atoms with E-state index < -0.39 is 29.0 Å². The van der Waals surface area contributed by atoms with E-state index in [4.69, 9.17) is 4.74 Å². The molecule has 1 aromatic rings. The van der Waals surface area contributed by atoms with Crippen LogP contribution in [0, 0.1) is 11.8 Å². The molecule has 22 heavy (non-hydrogen) atoms. The van der Waals surface area contributed by atoms with E-state index in [1.165, 1.54) is 0 Å². The molecule has 1 spiro atoms. The van der Waals surface area contributed by atoms with E-state index in [1.54, 1.807) is 11.8 Å². The van der Waals surface area contributed by atoms with Gasteiger partial charge in [-0.25, -0.2) is 0 Å². The number of benzene rings is 1. The lowest BCUT2D eigenvalue weighted by Crippen LogP contribution is -2.43. The minimum absolute atomic E-state index is 0.121. The van der Waals surface area contributed by atoms with Gasteiger partial charge in [0, 0.05) is 6.54 Å². The lowest BCUT2D eigenvalue weighted by atomic mass is 9.72. The Kier molecular flexibility index (Phi) is 2.58. The summed E-state index contributed by atoms with van der Waals surface area (Å²) in [6.07, 6.45) is 3.70. The van der Waals surface area contributed by atoms with E-state index >= 15 is 0 Å². The molecule has 2 saturated heterocycles. The summed E-state index contributed by atoms with van der Waals surface area (Å²) in [4.78, 5) is 26.2. The number of hydrogen-bond acceptors (Lipinski definition) is 3. The van der Waals surface area contributed by atoms with Gasteiger partial charge in [-0.1, -0.05) is 42.5 Å². The number of hydrogen-bond donors (Lipinski definition) is 1. The second kappa shape index (κ2) is 4.20. The van der Waals surface area contributed by atoms with Crippen LogP contribution in [0.5, 0.6) is 0 Å². The average molecular weight is 299 g/mol. The summed E-state index contributed by atoms with van der Waals surface area (Å²) in [6, 6.07) is 9.71. The molecule has 5 nitrogen and oxygen atoms in total. The molecule has 2 fully saturated rings. The molecule has 114 valence electrons. The fourth-order valence-electron chi connectivity index (χ4n) is 4.16. The second-order valence-electron chi connectivity index (χ2n) is 6.55. The molecule has 1 amide bonds. The standard InChI is InChI=1S/C17H17NO4/c1-16-7-8-17(22-16)10-18(9-11-5-3-2-4-6-11)14(19)12(17)13(16)15(20)21/h2-8,12-13H,9-10H2,1H3,(H,20,21)/t12-,13+,16-,17-/m0/s1. The zero-order valence-electron chi connectivity index (χ0n) is 12.2. The van der Waals surface area contributed by atoms with Gasteiger partial charge in [0.1, 0.15) is 11.5 Å². The monoisotopic (exact) mass is 299 g/mol. The van der Waals surface area contributed by atoms with Crippen LogP contribution in [0.4, 0.5) is 0 Å². The van der Waals surface area contributed by atoms with Gasteiger partial charge in [-0.05, 0) is 12.5 Å². The van der Waals surface area contributed by atoms with E-state index in [2.05, 4.69) is 0 Å². The van der Waals surface area contributed by atoms with E-state index in [0.29, 0.717) is 13.1 Å². The number of likely N-dealkylation sites (tertiary alicyclic amines) is 1. The molecular weight excluding hydrogens is 282 g/mol. The first-order chi connectivity index (χ1) is 10.5. The quantitative estimate of drug-likeness (QED) is 0.858. The third kappa shape index (κ3) is 1.63. The highest BCUT2D eigenvalue weighted by atomic mass is 16.5. The van der Waals surface area contributed by atoms with E-state index in [1.807, 2.05) is 42.5 Å². The SMILES string of the molecule is C[C@]12C=C[C@@]3(CN(Cc4ccccc4)C(=O)[C@@H]3[C@@H]1C(=O)O)O2. The number of ether oxygens (including phenoxy) is 1. The molecule has 3 aliphatic rings. The fourth-order valence-corrected chi connectivity index (χ4v) is 4.16. The highest BCUT2D eigenvalue weighted by Crippen LogP contribution is 2.57. The van der Waals surface area contributed by atoms with Crippen molar-refractivity contribution in [2.24, 2.45) is 11.8 Å². The van der Waals surface area contributed by atoms with Crippen molar-refractivity contribution in [3.8, 4) is 0 Å². The van der Waals surface area contributed by atoms with Crippen molar-refractivity contribution in [3.05, 3.63) is 48.0 Å². The fraction of sp³-hybridized carbons (Fsp3) is 0.412. The predicted octanol–water partition coefficient (Wildman–Crippen LogP) is 1.44. The maximum atomic E-state index is 12.8. The zero-order chi connectivity index (χ0) is 15.5. The van der Waals surface area contributed by atoms with Crippen LogP contribution in [0.3, 0.4) is 0 Å². The molecule has 0 aromatic heterocycles. The number of carbonyl (C=O) groups is 2. The summed E-state index contributed by atoms with van der Waals surface area (Å²) < 4.78 is 6.03. The molecule has 5 heteroatoms. The Morgan fingerprint density at radius 1 is 1.36 bits per heavy atom. The van der Waals surface area contributed by atoms with Crippen LogP contribution in [-0.2, 0) is 20.9 Å². The summed E-state index contributed by atoms with van der Waals surface area (Å²) in [5.41, 5.74) is -0.613. The van der Waals surface area contributed by atoms with Crippen LogP contribution in [0.15, 0.2) is 42.5 Å². The molecule has 0 radical (unpaired) electrons. The van der Waals surface area contributed by atoms with Crippen molar-refractivity contribution in [2.75, 3.05) is 6.54 Å². The van der Waals surface area contributed by atoms with Crippen molar-refractivity contribution < 1.29 is 19.4 Å². The number of nitrogens with zero attached hydrogens (tertiary/aromatic N) is 1. The Labute approximate surface area is 128 Å². The van der Waals surface area contributed by atoms with Gasteiger partial charge in [0.05, 0.1) is 18.1 Å². The Morgan fingerprint density at radius 2 is 2.09 bits per heavy atom. The van der Waals surface area contributed by atoms with E-state index in [-0.39, 0.29) is 5.91 Å². The number of carbonyl (C=O) groups excluding carboxylic acids is 1. The molecule has 3 aliphatic heterocycles. The van der Waals surface area contributed by atoms with Crippen LogP contribution in [0.25, 0.3) is 0 Å². The lowest BCUT2D eigenvalue weighted by Gasteiger charge is -2.27. The second-order valence-corrected chi connectivity index (χ2v) is 6.55. The number of carboxylic acids is 1. The van der Waals surface area contributed by atoms with Crippen LogP contribution < -0.4 is 0 Å². The summed E-state index contributed by atoms with van der Waals surface area (Å²) in [7, 11) is 0. The van der Waals surface area contributed by atoms with Gasteiger partial charge in [-0.2, -0.15) is 0 Å². The van der Waals surface area contributed by atoms with Crippen LogP contribution in [-0.4, -0.2) is 39.6 Å². The van der Waals surface area contributed by atoms with Crippen molar-refractivity contribution in [1.29, 1.82) is 0 Å². The minimum atomic E-state index is -0.964. The molecule has 3 heterocycles. The number of amides is 1. The maximum absolute atomic E-state index is 12.8. The van der Waals surface area contributed by atoms with Crippen molar-refractivity contribution in [3.63, 3.8) is 0 Å². The Balaban J connectivity index is 1.66. The van der Waals surface area contributed by atoms with Gasteiger partial charge < -0.3 is 14.7 Å². The molecule has 4 atom stereocenters. The first-order valence-corrected chi connectivity index (χ1v) is 7.41. The first-order valence-electron chi connectivity index (χ1n) is 7.41. The van der Waals surface area contributed by atoms with Crippen molar-refractivity contribution in [2.45, 2.75) is 24.7 Å². The van der Waals surface area contributed by atoms with Crippen molar-refractivity contribution >= 4 is 11.9 Å². The van der Waals surface area contributed by atoms with Gasteiger partial charge in [-0.3, -0.25) is 9.59 Å². The smallest absolute Gasteiger partial charge is 0.310 e. The van der Waals surface area contributed by atoms with Gasteiger partial charge >= 0.3 is 5.97 Å². The number of aliphatic carboxylic acids is 1. The molecule has 1 aromatic carbocycles. The normalized spacial score (nSPS) is 38.6. The van der Waals surface area contributed by atoms with Crippen molar-refractivity contribution in [1.82, 2.24) is 4.90 Å². The molecule has 0 unspecified atom stereocenters. The third-order valence-electron chi connectivity index (χ3n) is 5.08. The minimum Gasteiger partial charge on any atom is -0.481 e. The highest BCUT2D eigenvalue weighted by Gasteiger charge is 2.71. The Morgan fingerprint density at radius 3 is 2.77 bits per heavy atom. The Bertz CT molecular complexity index is 685. The number of fused-ring (bicyclic) bond motifs is 1. The zero-order valence-corrected chi connectivity index (χ0v) is 12.2. The van der Waals surface area contributed by atoms with Gasteiger partial charge in [0.15, 0.2) is 0 Å². The van der Waals surface area contributed by atoms with Gasteiger partial charge in [-0.15, -0.1) is 0 Å². The molecular formula is C17H17NO4. The van der Waals surface area contributed by atoms with Crippen LogP contribution >= 0.6 is 0 Å². The summed E-state index contributed by atoms with van der Waals surface area (Å²) in [5.74, 6) is -2.52.